The van der Waals surface area contributed by atoms with Gasteiger partial charge in [0.05, 0.1) is 24.7 Å². The summed E-state index contributed by atoms with van der Waals surface area (Å²) in [6.45, 7) is 0.776. The minimum atomic E-state index is -3.79. The van der Waals surface area contributed by atoms with Gasteiger partial charge >= 0.3 is 0 Å². The summed E-state index contributed by atoms with van der Waals surface area (Å²) in [6.07, 6.45) is 2.10. The standard InChI is InChI=1S/C18H27NO6S2/c1-25-16-6-4-14(5-7-16)2-3-15-8-10-19(11-9-15)27(23,24)18-13-26(21,22)12-17(18)20/h4-7,15,17-18,20H,2-3,8-13H2,1H3/t17-,18+/m1/s1. The number of piperidine rings is 1. The Morgan fingerprint density at radius 3 is 2.30 bits per heavy atom. The monoisotopic (exact) mass is 417 g/mol. The largest absolute Gasteiger partial charge is 0.497 e. The average molecular weight is 418 g/mol. The van der Waals surface area contributed by atoms with Gasteiger partial charge in [-0.15, -0.1) is 0 Å². The fourth-order valence-corrected chi connectivity index (χ4v) is 8.53. The van der Waals surface area contributed by atoms with E-state index in [0.29, 0.717) is 19.0 Å². The third-order valence-electron chi connectivity index (χ3n) is 5.59. The van der Waals surface area contributed by atoms with Crippen LogP contribution in [0.25, 0.3) is 0 Å². The molecular weight excluding hydrogens is 390 g/mol. The van der Waals surface area contributed by atoms with E-state index in [4.69, 9.17) is 4.74 Å². The molecule has 0 amide bonds. The summed E-state index contributed by atoms with van der Waals surface area (Å²) in [5, 5.41) is 8.67. The second-order valence-corrected chi connectivity index (χ2v) is 11.8. The Morgan fingerprint density at radius 2 is 1.78 bits per heavy atom. The van der Waals surface area contributed by atoms with Gasteiger partial charge in [-0.05, 0) is 49.3 Å². The lowest BCUT2D eigenvalue weighted by molar-refractivity contribution is 0.197. The lowest BCUT2D eigenvalue weighted by Crippen LogP contribution is -2.47. The molecule has 2 fully saturated rings. The predicted octanol–water partition coefficient (Wildman–Crippen LogP) is 0.828. The first-order valence-electron chi connectivity index (χ1n) is 9.21. The summed E-state index contributed by atoms with van der Waals surface area (Å²) >= 11 is 0. The van der Waals surface area contributed by atoms with Gasteiger partial charge in [0.15, 0.2) is 9.84 Å². The van der Waals surface area contributed by atoms with E-state index >= 15 is 0 Å². The molecule has 9 heteroatoms. The molecule has 0 bridgehead atoms. The van der Waals surface area contributed by atoms with E-state index in [9.17, 15) is 21.9 Å². The van der Waals surface area contributed by atoms with Gasteiger partial charge in [-0.25, -0.2) is 21.1 Å². The minimum Gasteiger partial charge on any atom is -0.497 e. The van der Waals surface area contributed by atoms with Crippen molar-refractivity contribution in [3.8, 4) is 5.75 Å². The molecule has 1 aromatic rings. The first kappa shape index (κ1) is 20.6. The van der Waals surface area contributed by atoms with E-state index in [-0.39, 0.29) is 0 Å². The second-order valence-electron chi connectivity index (χ2n) is 7.46. The maximum atomic E-state index is 12.7. The number of sulfonamides is 1. The molecule has 1 N–H and O–H groups in total. The van der Waals surface area contributed by atoms with E-state index < -0.39 is 42.7 Å². The number of aliphatic hydroxyl groups is 1. The summed E-state index contributed by atoms with van der Waals surface area (Å²) in [6, 6.07) is 7.96. The number of rotatable bonds is 6. The number of sulfone groups is 1. The van der Waals surface area contributed by atoms with Crippen LogP contribution in [0.2, 0.25) is 0 Å². The van der Waals surface area contributed by atoms with E-state index in [1.807, 2.05) is 24.3 Å². The third-order valence-corrected chi connectivity index (χ3v) is 9.85. The zero-order valence-corrected chi connectivity index (χ0v) is 17.1. The van der Waals surface area contributed by atoms with E-state index in [0.717, 1.165) is 31.4 Å². The van der Waals surface area contributed by atoms with Crippen LogP contribution in [0.3, 0.4) is 0 Å². The van der Waals surface area contributed by atoms with Crippen molar-refractivity contribution in [1.82, 2.24) is 4.31 Å². The number of benzene rings is 1. The highest BCUT2D eigenvalue weighted by molar-refractivity contribution is 7.95. The summed E-state index contributed by atoms with van der Waals surface area (Å²) in [7, 11) is -5.64. The van der Waals surface area contributed by atoms with Crippen molar-refractivity contribution in [2.24, 2.45) is 5.92 Å². The molecule has 0 aliphatic carbocycles. The molecule has 3 rings (SSSR count). The van der Waals surface area contributed by atoms with Crippen LogP contribution in [-0.2, 0) is 26.3 Å². The third kappa shape index (κ3) is 4.82. The Kier molecular flexibility index (Phi) is 6.14. The Balaban J connectivity index is 1.52. The van der Waals surface area contributed by atoms with Crippen molar-refractivity contribution in [3.05, 3.63) is 29.8 Å². The number of aliphatic hydroxyl groups excluding tert-OH is 1. The van der Waals surface area contributed by atoms with Gasteiger partial charge < -0.3 is 9.84 Å². The topological polar surface area (TPSA) is 101 Å². The highest BCUT2D eigenvalue weighted by Gasteiger charge is 2.47. The molecule has 2 aliphatic rings. The maximum absolute atomic E-state index is 12.7. The maximum Gasteiger partial charge on any atom is 0.220 e. The van der Waals surface area contributed by atoms with Crippen LogP contribution in [0.15, 0.2) is 24.3 Å². The van der Waals surface area contributed by atoms with Crippen molar-refractivity contribution in [3.63, 3.8) is 0 Å². The Hall–Kier alpha value is -1.16. The lowest BCUT2D eigenvalue weighted by atomic mass is 9.91. The fourth-order valence-electron chi connectivity index (χ4n) is 3.89. The normalized spacial score (nSPS) is 26.9. The molecule has 0 radical (unpaired) electrons. The Morgan fingerprint density at radius 1 is 1.15 bits per heavy atom. The zero-order valence-electron chi connectivity index (χ0n) is 15.5. The minimum absolute atomic E-state index is 0.388. The SMILES string of the molecule is COc1ccc(CCC2CCN(S(=O)(=O)[C@H]3CS(=O)(=O)C[C@H]3O)CC2)cc1. The van der Waals surface area contributed by atoms with Crippen molar-refractivity contribution in [1.29, 1.82) is 0 Å². The summed E-state index contributed by atoms with van der Waals surface area (Å²) in [5.74, 6) is 0.326. The van der Waals surface area contributed by atoms with Crippen LogP contribution >= 0.6 is 0 Å². The van der Waals surface area contributed by atoms with Crippen LogP contribution in [0.4, 0.5) is 0 Å². The molecule has 0 aromatic heterocycles. The van der Waals surface area contributed by atoms with Gasteiger partial charge in [-0.3, -0.25) is 0 Å². The fraction of sp³-hybridized carbons (Fsp3) is 0.667. The number of aryl methyl sites for hydroxylation is 1. The highest BCUT2D eigenvalue weighted by Crippen LogP contribution is 2.29. The first-order chi connectivity index (χ1) is 12.7. The molecule has 2 saturated heterocycles. The summed E-state index contributed by atoms with van der Waals surface area (Å²) in [4.78, 5) is 0. The molecule has 0 unspecified atom stereocenters. The molecule has 0 saturated carbocycles. The van der Waals surface area contributed by atoms with E-state index in [2.05, 4.69) is 0 Å². The lowest BCUT2D eigenvalue weighted by Gasteiger charge is -2.33. The zero-order chi connectivity index (χ0) is 19.7. The molecule has 2 atom stereocenters. The number of ether oxygens (including phenoxy) is 1. The van der Waals surface area contributed by atoms with Gasteiger partial charge in [-0.2, -0.15) is 0 Å². The smallest absolute Gasteiger partial charge is 0.220 e. The molecule has 2 aliphatic heterocycles. The molecular formula is C18H27NO6S2. The van der Waals surface area contributed by atoms with Crippen LogP contribution in [0.1, 0.15) is 24.8 Å². The van der Waals surface area contributed by atoms with Crippen molar-refractivity contribution >= 4 is 19.9 Å². The van der Waals surface area contributed by atoms with Crippen LogP contribution in [-0.4, -0.2) is 69.3 Å². The molecule has 7 nitrogen and oxygen atoms in total. The second kappa shape index (κ2) is 8.06. The number of nitrogens with zero attached hydrogens (tertiary/aromatic N) is 1. The Labute approximate surface area is 161 Å². The van der Waals surface area contributed by atoms with Crippen LogP contribution in [0, 0.1) is 5.92 Å². The molecule has 0 spiro atoms. The van der Waals surface area contributed by atoms with Crippen LogP contribution < -0.4 is 4.74 Å². The Bertz CT molecular complexity index is 842. The average Bonchev–Trinajstić information content (AvgIpc) is 2.94. The van der Waals surface area contributed by atoms with Gasteiger partial charge in [-0.1, -0.05) is 12.1 Å². The number of hydrogen-bond acceptors (Lipinski definition) is 6. The summed E-state index contributed by atoms with van der Waals surface area (Å²) in [5.41, 5.74) is 1.23. The van der Waals surface area contributed by atoms with Gasteiger partial charge in [0.25, 0.3) is 0 Å². The quantitative estimate of drug-likeness (QED) is 0.736. The molecule has 27 heavy (non-hydrogen) atoms. The van der Waals surface area contributed by atoms with E-state index in [1.165, 1.54) is 9.87 Å². The van der Waals surface area contributed by atoms with Crippen molar-refractivity contribution in [2.75, 3.05) is 31.7 Å². The predicted molar refractivity (Wildman–Crippen MR) is 103 cm³/mol. The van der Waals surface area contributed by atoms with Crippen molar-refractivity contribution in [2.45, 2.75) is 37.0 Å². The number of methoxy groups -OCH3 is 1. The van der Waals surface area contributed by atoms with Gasteiger partial charge in [0.2, 0.25) is 10.0 Å². The van der Waals surface area contributed by atoms with Gasteiger partial charge in [0.1, 0.15) is 11.0 Å². The van der Waals surface area contributed by atoms with Crippen LogP contribution in [0.5, 0.6) is 5.75 Å². The van der Waals surface area contributed by atoms with E-state index in [1.54, 1.807) is 7.11 Å². The van der Waals surface area contributed by atoms with Gasteiger partial charge in [0, 0.05) is 13.1 Å². The number of hydrogen-bond donors (Lipinski definition) is 1. The molecule has 2 heterocycles. The molecule has 1 aromatic carbocycles. The summed E-state index contributed by atoms with van der Waals surface area (Å²) < 4.78 is 55.2. The first-order valence-corrected chi connectivity index (χ1v) is 12.5. The highest BCUT2D eigenvalue weighted by atomic mass is 32.2. The van der Waals surface area contributed by atoms with Crippen molar-refractivity contribution < 1.29 is 26.7 Å². The molecule has 152 valence electrons.